The molecule has 0 aromatic rings. The predicted molar refractivity (Wildman–Crippen MR) is 151 cm³/mol. The monoisotopic (exact) mass is 514 g/mol. The molecule has 0 aliphatic heterocycles. The molecule has 0 aromatic carbocycles. The van der Waals surface area contributed by atoms with Gasteiger partial charge in [-0.1, -0.05) is 97.3 Å². The van der Waals surface area contributed by atoms with Gasteiger partial charge in [0.15, 0.2) is 0 Å². The van der Waals surface area contributed by atoms with Gasteiger partial charge in [-0.15, -0.1) is 0 Å². The quantitative estimate of drug-likeness (QED) is 0.106. The van der Waals surface area contributed by atoms with Crippen LogP contribution >= 0.6 is 11.8 Å². The van der Waals surface area contributed by atoms with E-state index in [9.17, 15) is 15.0 Å². The van der Waals surface area contributed by atoms with Crippen molar-refractivity contribution in [3.05, 3.63) is 0 Å². The summed E-state index contributed by atoms with van der Waals surface area (Å²) in [6, 6.07) is 0. The fourth-order valence-corrected chi connectivity index (χ4v) is 6.79. The lowest BCUT2D eigenvalue weighted by Crippen LogP contribution is -2.30. The fraction of sp³-hybridized carbons (Fsp3) is 0.967. The molecule has 0 radical (unpaired) electrons. The van der Waals surface area contributed by atoms with Crippen molar-refractivity contribution in [2.24, 2.45) is 5.92 Å². The number of thioether (sulfide) groups is 1. The number of aliphatic hydroxyl groups is 2. The largest absolute Gasteiger partial charge is 0.466 e. The Morgan fingerprint density at radius 2 is 1.46 bits per heavy atom. The molecule has 1 aliphatic rings. The minimum atomic E-state index is -0.596. The van der Waals surface area contributed by atoms with E-state index < -0.39 is 5.60 Å². The van der Waals surface area contributed by atoms with Crippen molar-refractivity contribution in [3.63, 3.8) is 0 Å². The van der Waals surface area contributed by atoms with Crippen LogP contribution in [-0.4, -0.2) is 45.5 Å². The molecule has 4 atom stereocenters. The van der Waals surface area contributed by atoms with Gasteiger partial charge in [-0.25, -0.2) is 0 Å². The third-order valence-electron chi connectivity index (χ3n) is 7.58. The first-order chi connectivity index (χ1) is 16.9. The van der Waals surface area contributed by atoms with E-state index in [-0.39, 0.29) is 12.1 Å². The van der Waals surface area contributed by atoms with E-state index in [0.717, 1.165) is 70.0 Å². The predicted octanol–water partition coefficient (Wildman–Crippen LogP) is 8.21. The van der Waals surface area contributed by atoms with Crippen molar-refractivity contribution in [1.29, 1.82) is 0 Å². The number of rotatable bonds is 23. The Morgan fingerprint density at radius 3 is 2.17 bits per heavy atom. The van der Waals surface area contributed by atoms with Crippen molar-refractivity contribution < 1.29 is 19.7 Å². The first kappa shape index (κ1) is 32.8. The summed E-state index contributed by atoms with van der Waals surface area (Å²) in [7, 11) is 0. The zero-order chi connectivity index (χ0) is 25.8. The molecular formula is C30H58O4S. The molecule has 0 bridgehead atoms. The molecule has 1 saturated carbocycles. The lowest BCUT2D eigenvalue weighted by atomic mass is 9.97. The molecule has 0 heterocycles. The van der Waals surface area contributed by atoms with Crippen LogP contribution in [0.15, 0.2) is 0 Å². The summed E-state index contributed by atoms with van der Waals surface area (Å²) >= 11 is 1.88. The maximum atomic E-state index is 11.9. The van der Waals surface area contributed by atoms with Crippen molar-refractivity contribution in [2.75, 3.05) is 12.4 Å². The van der Waals surface area contributed by atoms with Gasteiger partial charge in [-0.05, 0) is 51.4 Å². The standard InChI is InChI=1S/C30H58O4S/c1-4-6-8-9-10-11-14-18-24-34-29(32)20-16-13-12-15-19-26-27(31)21-22-28(26)35-25-30(3,33)23-17-7-5-2/h26-28,31,33H,4-25H2,1-3H3. The number of esters is 1. The number of hydrogen-bond acceptors (Lipinski definition) is 5. The second-order valence-corrected chi connectivity index (χ2v) is 12.5. The van der Waals surface area contributed by atoms with Gasteiger partial charge in [-0.2, -0.15) is 11.8 Å². The molecule has 1 fully saturated rings. The molecule has 0 aromatic heterocycles. The minimum absolute atomic E-state index is 0.0402. The van der Waals surface area contributed by atoms with Crippen LogP contribution in [0.3, 0.4) is 0 Å². The third kappa shape index (κ3) is 17.0. The molecule has 1 aliphatic carbocycles. The number of carbonyl (C=O) groups excluding carboxylic acids is 1. The van der Waals surface area contributed by atoms with E-state index in [1.807, 2.05) is 18.7 Å². The van der Waals surface area contributed by atoms with Crippen LogP contribution in [0.25, 0.3) is 0 Å². The van der Waals surface area contributed by atoms with Crippen LogP contribution in [0.1, 0.15) is 149 Å². The van der Waals surface area contributed by atoms with Crippen LogP contribution in [0.2, 0.25) is 0 Å². The summed E-state index contributed by atoms with van der Waals surface area (Å²) in [5.41, 5.74) is -0.596. The Kier molecular flexibility index (Phi) is 19.4. The molecule has 4 unspecified atom stereocenters. The SMILES string of the molecule is CCCCCCCCCCOC(=O)CCCCCCC1C(O)CCC1SCC(C)(O)CCCCC. The highest BCUT2D eigenvalue weighted by Gasteiger charge is 2.36. The van der Waals surface area contributed by atoms with Crippen LogP contribution < -0.4 is 0 Å². The lowest BCUT2D eigenvalue weighted by Gasteiger charge is -2.27. The highest BCUT2D eigenvalue weighted by Crippen LogP contribution is 2.40. The van der Waals surface area contributed by atoms with Crippen molar-refractivity contribution in [3.8, 4) is 0 Å². The molecule has 35 heavy (non-hydrogen) atoms. The summed E-state index contributed by atoms with van der Waals surface area (Å²) in [6.45, 7) is 6.99. The summed E-state index contributed by atoms with van der Waals surface area (Å²) in [6.07, 6.45) is 21.9. The fourth-order valence-electron chi connectivity index (χ4n) is 5.21. The topological polar surface area (TPSA) is 66.8 Å². The summed E-state index contributed by atoms with van der Waals surface area (Å²) in [4.78, 5) is 11.9. The molecule has 4 nitrogen and oxygen atoms in total. The Bertz CT molecular complexity index is 511. The molecule has 1 rings (SSSR count). The Morgan fingerprint density at radius 1 is 0.857 bits per heavy atom. The van der Waals surface area contributed by atoms with Crippen molar-refractivity contribution in [1.82, 2.24) is 0 Å². The maximum Gasteiger partial charge on any atom is 0.305 e. The van der Waals surface area contributed by atoms with Gasteiger partial charge in [0.1, 0.15) is 0 Å². The van der Waals surface area contributed by atoms with Crippen LogP contribution in [-0.2, 0) is 9.53 Å². The van der Waals surface area contributed by atoms with E-state index >= 15 is 0 Å². The van der Waals surface area contributed by atoms with Gasteiger partial charge in [0, 0.05) is 17.4 Å². The second-order valence-electron chi connectivity index (χ2n) is 11.3. The van der Waals surface area contributed by atoms with Gasteiger partial charge in [0.05, 0.1) is 18.3 Å². The summed E-state index contributed by atoms with van der Waals surface area (Å²) in [5, 5.41) is 21.6. The molecule has 5 heteroatoms. The van der Waals surface area contributed by atoms with Crippen LogP contribution in [0, 0.1) is 5.92 Å². The van der Waals surface area contributed by atoms with E-state index in [4.69, 9.17) is 4.74 Å². The number of carbonyl (C=O) groups is 1. The summed E-state index contributed by atoms with van der Waals surface area (Å²) in [5.74, 6) is 1.08. The molecule has 2 N–H and O–H groups in total. The molecule has 208 valence electrons. The van der Waals surface area contributed by atoms with Crippen LogP contribution in [0.5, 0.6) is 0 Å². The van der Waals surface area contributed by atoms with E-state index in [1.165, 1.54) is 57.8 Å². The zero-order valence-corrected chi connectivity index (χ0v) is 24.2. The average molecular weight is 515 g/mol. The first-order valence-electron chi connectivity index (χ1n) is 15.1. The molecule has 0 saturated heterocycles. The van der Waals surface area contributed by atoms with E-state index in [2.05, 4.69) is 13.8 Å². The number of unbranched alkanes of at least 4 members (excludes halogenated alkanes) is 12. The van der Waals surface area contributed by atoms with Crippen molar-refractivity contribution >= 4 is 17.7 Å². The Balaban J connectivity index is 2.05. The van der Waals surface area contributed by atoms with Gasteiger partial charge in [0.2, 0.25) is 0 Å². The smallest absolute Gasteiger partial charge is 0.305 e. The van der Waals surface area contributed by atoms with Gasteiger partial charge >= 0.3 is 5.97 Å². The van der Waals surface area contributed by atoms with Crippen LogP contribution in [0.4, 0.5) is 0 Å². The lowest BCUT2D eigenvalue weighted by molar-refractivity contribution is -0.143. The Labute approximate surface area is 221 Å². The number of hydrogen-bond donors (Lipinski definition) is 2. The van der Waals surface area contributed by atoms with E-state index in [1.54, 1.807) is 0 Å². The van der Waals surface area contributed by atoms with Crippen molar-refractivity contribution in [2.45, 2.75) is 166 Å². The van der Waals surface area contributed by atoms with Gasteiger partial charge in [0.25, 0.3) is 0 Å². The molecule has 0 spiro atoms. The van der Waals surface area contributed by atoms with Gasteiger partial charge in [-0.3, -0.25) is 4.79 Å². The van der Waals surface area contributed by atoms with Gasteiger partial charge < -0.3 is 14.9 Å². The zero-order valence-electron chi connectivity index (χ0n) is 23.4. The minimum Gasteiger partial charge on any atom is -0.466 e. The second kappa shape index (κ2) is 20.8. The van der Waals surface area contributed by atoms with E-state index in [0.29, 0.717) is 24.2 Å². The highest BCUT2D eigenvalue weighted by molar-refractivity contribution is 8.00. The highest BCUT2D eigenvalue weighted by atomic mass is 32.2. The Hall–Kier alpha value is -0.260. The first-order valence-corrected chi connectivity index (χ1v) is 16.1. The number of ether oxygens (including phenoxy) is 1. The number of aliphatic hydroxyl groups excluding tert-OH is 1. The summed E-state index contributed by atoms with van der Waals surface area (Å²) < 4.78 is 5.39. The third-order valence-corrected chi connectivity index (χ3v) is 9.38. The molecule has 0 amide bonds. The maximum absolute atomic E-state index is 11.9. The average Bonchev–Trinajstić information content (AvgIpc) is 3.18. The normalized spacial score (nSPS) is 21.8. The molecular weight excluding hydrogens is 456 g/mol.